The molecule has 0 saturated carbocycles. The zero-order valence-electron chi connectivity index (χ0n) is 13.7. The minimum absolute atomic E-state index is 0.180. The molecule has 1 fully saturated rings. The van der Waals surface area contributed by atoms with E-state index in [1.807, 2.05) is 18.2 Å². The predicted molar refractivity (Wildman–Crippen MR) is 89.9 cm³/mol. The minimum Gasteiger partial charge on any atom is -0.468 e. The van der Waals surface area contributed by atoms with Crippen molar-refractivity contribution in [2.75, 3.05) is 26.2 Å². The lowest BCUT2D eigenvalue weighted by molar-refractivity contribution is 0.209. The monoisotopic (exact) mass is 316 g/mol. The van der Waals surface area contributed by atoms with Gasteiger partial charge in [-0.3, -0.25) is 4.90 Å². The topological polar surface area (TPSA) is 28.4 Å². The highest BCUT2D eigenvalue weighted by Crippen LogP contribution is 2.25. The zero-order chi connectivity index (χ0) is 16.1. The second kappa shape index (κ2) is 7.75. The Kier molecular flexibility index (Phi) is 5.47. The van der Waals surface area contributed by atoms with Crippen LogP contribution in [0.1, 0.15) is 43.0 Å². The number of hydrogen-bond acceptors (Lipinski definition) is 3. The molecule has 4 heteroatoms. The summed E-state index contributed by atoms with van der Waals surface area (Å²) in [6.45, 7) is 6.19. The van der Waals surface area contributed by atoms with Crippen molar-refractivity contribution < 1.29 is 8.81 Å². The molecule has 2 aromatic rings. The molecule has 3 rings (SSSR count). The smallest absolute Gasteiger partial charge is 0.123 e. The standard InChI is InChI=1S/C19H25FN2O/c1-15(16-6-8-17(20)9-7-16)13-21-14-18(19-5-4-12-23-19)22-10-2-3-11-22/h4-9,12,15,18,21H,2-3,10-11,13-14H2,1H3. The number of rotatable bonds is 7. The Bertz CT molecular complexity index is 576. The first kappa shape index (κ1) is 16.2. The van der Waals surface area contributed by atoms with Crippen LogP contribution < -0.4 is 5.32 Å². The molecule has 1 saturated heterocycles. The summed E-state index contributed by atoms with van der Waals surface area (Å²) in [7, 11) is 0. The fourth-order valence-corrected chi connectivity index (χ4v) is 3.29. The molecule has 3 nitrogen and oxygen atoms in total. The first-order valence-corrected chi connectivity index (χ1v) is 8.47. The Morgan fingerprint density at radius 2 is 1.87 bits per heavy atom. The number of halogens is 1. The molecule has 124 valence electrons. The summed E-state index contributed by atoms with van der Waals surface area (Å²) in [5, 5.41) is 3.57. The van der Waals surface area contributed by atoms with E-state index in [9.17, 15) is 4.39 Å². The summed E-state index contributed by atoms with van der Waals surface area (Å²) in [4.78, 5) is 2.49. The molecule has 0 aliphatic carbocycles. The highest BCUT2D eigenvalue weighted by atomic mass is 19.1. The van der Waals surface area contributed by atoms with E-state index in [1.54, 1.807) is 6.26 Å². The number of benzene rings is 1. The second-order valence-corrected chi connectivity index (χ2v) is 6.39. The van der Waals surface area contributed by atoms with Crippen molar-refractivity contribution in [1.82, 2.24) is 10.2 Å². The quantitative estimate of drug-likeness (QED) is 0.838. The highest BCUT2D eigenvalue weighted by Gasteiger charge is 2.25. The molecule has 23 heavy (non-hydrogen) atoms. The molecule has 0 radical (unpaired) electrons. The van der Waals surface area contributed by atoms with E-state index in [0.717, 1.165) is 37.5 Å². The lowest BCUT2D eigenvalue weighted by Crippen LogP contribution is -2.35. The van der Waals surface area contributed by atoms with Crippen LogP contribution >= 0.6 is 0 Å². The number of hydrogen-bond donors (Lipinski definition) is 1. The van der Waals surface area contributed by atoms with Gasteiger partial charge in [-0.15, -0.1) is 0 Å². The summed E-state index contributed by atoms with van der Waals surface area (Å²) >= 11 is 0. The SMILES string of the molecule is CC(CNCC(c1ccco1)N1CCCC1)c1ccc(F)cc1. The minimum atomic E-state index is -0.180. The van der Waals surface area contributed by atoms with E-state index in [2.05, 4.69) is 23.2 Å². The third-order valence-electron chi connectivity index (χ3n) is 4.68. The van der Waals surface area contributed by atoms with Crippen molar-refractivity contribution in [2.45, 2.75) is 31.7 Å². The average molecular weight is 316 g/mol. The van der Waals surface area contributed by atoms with Gasteiger partial charge in [-0.05, 0) is 61.7 Å². The molecular weight excluding hydrogens is 291 g/mol. The highest BCUT2D eigenvalue weighted by molar-refractivity contribution is 5.20. The van der Waals surface area contributed by atoms with Crippen LogP contribution in [-0.2, 0) is 0 Å². The van der Waals surface area contributed by atoms with Gasteiger partial charge in [0.25, 0.3) is 0 Å². The molecule has 1 aliphatic heterocycles. The van der Waals surface area contributed by atoms with Gasteiger partial charge in [0.15, 0.2) is 0 Å². The van der Waals surface area contributed by atoms with Gasteiger partial charge < -0.3 is 9.73 Å². The Labute approximate surface area is 137 Å². The van der Waals surface area contributed by atoms with Gasteiger partial charge in [-0.2, -0.15) is 0 Å². The number of likely N-dealkylation sites (tertiary alicyclic amines) is 1. The van der Waals surface area contributed by atoms with Gasteiger partial charge >= 0.3 is 0 Å². The molecule has 1 N–H and O–H groups in total. The van der Waals surface area contributed by atoms with Gasteiger partial charge in [-0.1, -0.05) is 19.1 Å². The summed E-state index contributed by atoms with van der Waals surface area (Å²) in [6.07, 6.45) is 4.28. The van der Waals surface area contributed by atoms with Gasteiger partial charge in [-0.25, -0.2) is 4.39 Å². The zero-order valence-corrected chi connectivity index (χ0v) is 13.7. The van der Waals surface area contributed by atoms with Crippen LogP contribution in [-0.4, -0.2) is 31.1 Å². The van der Waals surface area contributed by atoms with Gasteiger partial charge in [0, 0.05) is 13.1 Å². The van der Waals surface area contributed by atoms with Crippen LogP contribution in [0.25, 0.3) is 0 Å². The Balaban J connectivity index is 1.55. The van der Waals surface area contributed by atoms with Crippen molar-refractivity contribution in [3.63, 3.8) is 0 Å². The van der Waals surface area contributed by atoms with E-state index in [4.69, 9.17) is 4.42 Å². The number of furan rings is 1. The lowest BCUT2D eigenvalue weighted by Gasteiger charge is -2.26. The van der Waals surface area contributed by atoms with Crippen molar-refractivity contribution in [2.24, 2.45) is 0 Å². The second-order valence-electron chi connectivity index (χ2n) is 6.39. The fraction of sp³-hybridized carbons (Fsp3) is 0.474. The molecule has 0 bridgehead atoms. The van der Waals surface area contributed by atoms with Crippen molar-refractivity contribution >= 4 is 0 Å². The van der Waals surface area contributed by atoms with Crippen LogP contribution in [0.4, 0.5) is 4.39 Å². The first-order valence-electron chi connectivity index (χ1n) is 8.47. The third kappa shape index (κ3) is 4.21. The Morgan fingerprint density at radius 1 is 1.13 bits per heavy atom. The van der Waals surface area contributed by atoms with Crippen molar-refractivity contribution in [3.05, 3.63) is 59.8 Å². The fourth-order valence-electron chi connectivity index (χ4n) is 3.29. The molecule has 0 spiro atoms. The maximum Gasteiger partial charge on any atom is 0.123 e. The molecule has 0 amide bonds. The van der Waals surface area contributed by atoms with Crippen LogP contribution in [0.3, 0.4) is 0 Å². The third-order valence-corrected chi connectivity index (χ3v) is 4.68. The van der Waals surface area contributed by atoms with Crippen LogP contribution in [0.5, 0.6) is 0 Å². The molecular formula is C19H25FN2O. The molecule has 2 atom stereocenters. The van der Waals surface area contributed by atoms with E-state index < -0.39 is 0 Å². The Hall–Kier alpha value is -1.65. The molecule has 1 aliphatic rings. The predicted octanol–water partition coefficient (Wildman–Crippen LogP) is 3.95. The van der Waals surface area contributed by atoms with E-state index >= 15 is 0 Å². The lowest BCUT2D eigenvalue weighted by atomic mass is 10.0. The maximum absolute atomic E-state index is 13.0. The largest absolute Gasteiger partial charge is 0.468 e. The molecule has 2 unspecified atom stereocenters. The van der Waals surface area contributed by atoms with Crippen LogP contribution in [0.15, 0.2) is 47.1 Å². The van der Waals surface area contributed by atoms with Crippen LogP contribution in [0, 0.1) is 5.82 Å². The summed E-state index contributed by atoms with van der Waals surface area (Å²) in [5.41, 5.74) is 1.16. The Morgan fingerprint density at radius 3 is 2.52 bits per heavy atom. The molecule has 1 aromatic heterocycles. The normalized spacial score (nSPS) is 18.2. The summed E-state index contributed by atoms with van der Waals surface area (Å²) < 4.78 is 18.6. The van der Waals surface area contributed by atoms with Crippen LogP contribution in [0.2, 0.25) is 0 Å². The van der Waals surface area contributed by atoms with Gasteiger partial charge in [0.05, 0.1) is 12.3 Å². The maximum atomic E-state index is 13.0. The van der Waals surface area contributed by atoms with Gasteiger partial charge in [0.2, 0.25) is 0 Å². The summed E-state index contributed by atoms with van der Waals surface area (Å²) in [6, 6.07) is 11.1. The van der Waals surface area contributed by atoms with Crippen molar-refractivity contribution in [3.8, 4) is 0 Å². The number of nitrogens with zero attached hydrogens (tertiary/aromatic N) is 1. The van der Waals surface area contributed by atoms with Gasteiger partial charge in [0.1, 0.15) is 11.6 Å². The van der Waals surface area contributed by atoms with Crippen molar-refractivity contribution in [1.29, 1.82) is 0 Å². The summed E-state index contributed by atoms with van der Waals surface area (Å²) in [5.74, 6) is 1.21. The average Bonchev–Trinajstić information content (AvgIpc) is 3.26. The molecule has 2 heterocycles. The first-order chi connectivity index (χ1) is 11.2. The van der Waals surface area contributed by atoms with E-state index in [1.165, 1.54) is 25.0 Å². The van der Waals surface area contributed by atoms with E-state index in [-0.39, 0.29) is 5.82 Å². The molecule has 1 aromatic carbocycles. The van der Waals surface area contributed by atoms with E-state index in [0.29, 0.717) is 12.0 Å². The number of nitrogens with one attached hydrogen (secondary N) is 1.